The number of halogens is 2. The van der Waals surface area contributed by atoms with Crippen LogP contribution >= 0.6 is 12.4 Å². The maximum absolute atomic E-state index is 13.7. The van der Waals surface area contributed by atoms with Crippen molar-refractivity contribution in [3.63, 3.8) is 0 Å². The fourth-order valence-electron chi connectivity index (χ4n) is 2.65. The summed E-state index contributed by atoms with van der Waals surface area (Å²) in [5.74, 6) is -0.214. The van der Waals surface area contributed by atoms with Gasteiger partial charge in [-0.2, -0.15) is 0 Å². The number of hydrogen-bond acceptors (Lipinski definition) is 3. The van der Waals surface area contributed by atoms with Gasteiger partial charge in [-0.3, -0.25) is 10.1 Å². The van der Waals surface area contributed by atoms with Gasteiger partial charge in [0.25, 0.3) is 5.69 Å². The molecule has 0 unspecified atom stereocenters. The molecule has 0 aliphatic heterocycles. The Morgan fingerprint density at radius 1 is 1.32 bits per heavy atom. The summed E-state index contributed by atoms with van der Waals surface area (Å²) in [5, 5.41) is 10.7. The van der Waals surface area contributed by atoms with Crippen LogP contribution in [0.5, 0.6) is 0 Å². The van der Waals surface area contributed by atoms with Gasteiger partial charge in [0, 0.05) is 23.7 Å². The second-order valence-corrected chi connectivity index (χ2v) is 4.89. The summed E-state index contributed by atoms with van der Waals surface area (Å²) in [6.45, 7) is 0. The van der Waals surface area contributed by atoms with Crippen LogP contribution in [-0.4, -0.2) is 4.92 Å². The Balaban J connectivity index is 0.00000180. The van der Waals surface area contributed by atoms with Crippen molar-refractivity contribution in [2.75, 3.05) is 0 Å². The summed E-state index contributed by atoms with van der Waals surface area (Å²) in [7, 11) is 0. The summed E-state index contributed by atoms with van der Waals surface area (Å²) >= 11 is 0. The lowest BCUT2D eigenvalue weighted by molar-refractivity contribution is -0.385. The van der Waals surface area contributed by atoms with E-state index in [1.165, 1.54) is 18.6 Å². The van der Waals surface area contributed by atoms with E-state index in [0.717, 1.165) is 31.7 Å². The zero-order valence-corrected chi connectivity index (χ0v) is 11.4. The van der Waals surface area contributed by atoms with Crippen molar-refractivity contribution in [2.45, 2.75) is 38.1 Å². The van der Waals surface area contributed by atoms with Gasteiger partial charge in [0.15, 0.2) is 0 Å². The zero-order valence-electron chi connectivity index (χ0n) is 10.5. The normalized spacial score (nSPS) is 17.6. The molecule has 1 saturated carbocycles. The second kappa shape index (κ2) is 6.82. The van der Waals surface area contributed by atoms with Gasteiger partial charge in [-0.15, -0.1) is 12.4 Å². The van der Waals surface area contributed by atoms with Gasteiger partial charge < -0.3 is 5.73 Å². The number of rotatable bonds is 3. The number of nitrogens with two attached hydrogens (primary N) is 1. The maximum Gasteiger partial charge on any atom is 0.269 e. The van der Waals surface area contributed by atoms with E-state index >= 15 is 0 Å². The van der Waals surface area contributed by atoms with Gasteiger partial charge >= 0.3 is 0 Å². The Morgan fingerprint density at radius 3 is 2.53 bits per heavy atom. The first kappa shape index (κ1) is 15.9. The third-order valence-electron chi connectivity index (χ3n) is 3.71. The van der Waals surface area contributed by atoms with E-state index < -0.39 is 16.8 Å². The summed E-state index contributed by atoms with van der Waals surface area (Å²) in [6.07, 6.45) is 5.36. The number of benzene rings is 1. The third-order valence-corrected chi connectivity index (χ3v) is 3.71. The molecule has 2 rings (SSSR count). The highest BCUT2D eigenvalue weighted by molar-refractivity contribution is 5.85. The highest BCUT2D eigenvalue weighted by atomic mass is 35.5. The van der Waals surface area contributed by atoms with Crippen molar-refractivity contribution >= 4 is 18.1 Å². The molecule has 1 aliphatic carbocycles. The van der Waals surface area contributed by atoms with E-state index in [1.54, 1.807) is 0 Å². The predicted molar refractivity (Wildman–Crippen MR) is 73.8 cm³/mol. The predicted octanol–water partition coefficient (Wildman–Crippen LogP) is 3.74. The van der Waals surface area contributed by atoms with Gasteiger partial charge in [-0.25, -0.2) is 4.39 Å². The van der Waals surface area contributed by atoms with E-state index in [-0.39, 0.29) is 29.6 Å². The van der Waals surface area contributed by atoms with E-state index in [2.05, 4.69) is 0 Å². The number of non-ortho nitro benzene ring substituents is 1. The van der Waals surface area contributed by atoms with Gasteiger partial charge in [-0.05, 0) is 24.8 Å². The Hall–Kier alpha value is -1.20. The molecule has 0 bridgehead atoms. The van der Waals surface area contributed by atoms with Crippen LogP contribution in [0.1, 0.15) is 43.7 Å². The maximum atomic E-state index is 13.7. The lowest BCUT2D eigenvalue weighted by atomic mass is 9.81. The van der Waals surface area contributed by atoms with Crippen molar-refractivity contribution in [1.29, 1.82) is 0 Å². The minimum Gasteiger partial charge on any atom is -0.324 e. The van der Waals surface area contributed by atoms with Crippen LogP contribution in [0.25, 0.3) is 0 Å². The average Bonchev–Trinajstić information content (AvgIpc) is 2.39. The van der Waals surface area contributed by atoms with Crippen LogP contribution in [0, 0.1) is 21.8 Å². The van der Waals surface area contributed by atoms with Gasteiger partial charge in [0.1, 0.15) is 5.82 Å². The lowest BCUT2D eigenvalue weighted by Gasteiger charge is -2.27. The largest absolute Gasteiger partial charge is 0.324 e. The van der Waals surface area contributed by atoms with E-state index in [1.807, 2.05) is 0 Å². The van der Waals surface area contributed by atoms with Crippen molar-refractivity contribution in [1.82, 2.24) is 0 Å². The molecule has 1 aliphatic rings. The molecule has 0 spiro atoms. The Labute approximate surface area is 117 Å². The fourth-order valence-corrected chi connectivity index (χ4v) is 2.65. The van der Waals surface area contributed by atoms with Crippen LogP contribution in [0.3, 0.4) is 0 Å². The SMILES string of the molecule is Cl.N[C@@H](c1cc([N+](=O)[O-])ccc1F)C1CCCCC1. The molecule has 0 radical (unpaired) electrons. The minimum absolute atomic E-state index is 0. The van der Waals surface area contributed by atoms with Crippen molar-refractivity contribution in [3.05, 3.63) is 39.7 Å². The zero-order chi connectivity index (χ0) is 13.1. The first-order chi connectivity index (χ1) is 8.59. The van der Waals surface area contributed by atoms with Gasteiger partial charge in [0.2, 0.25) is 0 Å². The Kier molecular flexibility index (Phi) is 5.69. The molecule has 4 nitrogen and oxygen atoms in total. The minimum atomic E-state index is -0.517. The second-order valence-electron chi connectivity index (χ2n) is 4.89. The summed E-state index contributed by atoms with van der Waals surface area (Å²) < 4.78 is 13.7. The van der Waals surface area contributed by atoms with Crippen LogP contribution < -0.4 is 5.73 Å². The van der Waals surface area contributed by atoms with Crippen LogP contribution in [0.4, 0.5) is 10.1 Å². The molecule has 19 heavy (non-hydrogen) atoms. The van der Waals surface area contributed by atoms with Gasteiger partial charge in [0.05, 0.1) is 4.92 Å². The Morgan fingerprint density at radius 2 is 1.95 bits per heavy atom. The molecule has 2 N–H and O–H groups in total. The van der Waals surface area contributed by atoms with Crippen LogP contribution in [0.2, 0.25) is 0 Å². The smallest absolute Gasteiger partial charge is 0.269 e. The highest BCUT2D eigenvalue weighted by Gasteiger charge is 2.25. The summed E-state index contributed by atoms with van der Waals surface area (Å²) in [5.41, 5.74) is 6.25. The van der Waals surface area contributed by atoms with Crippen molar-refractivity contribution in [2.24, 2.45) is 11.7 Å². The molecule has 0 heterocycles. The topological polar surface area (TPSA) is 69.2 Å². The molecular weight excluding hydrogens is 271 g/mol. The number of nitro groups is 1. The number of nitro benzene ring substituents is 1. The summed E-state index contributed by atoms with van der Waals surface area (Å²) in [6, 6.07) is 3.14. The van der Waals surface area contributed by atoms with Crippen molar-refractivity contribution in [3.8, 4) is 0 Å². The van der Waals surface area contributed by atoms with E-state index in [4.69, 9.17) is 5.73 Å². The van der Waals surface area contributed by atoms with Gasteiger partial charge in [-0.1, -0.05) is 19.3 Å². The summed E-state index contributed by atoms with van der Waals surface area (Å²) in [4.78, 5) is 10.2. The number of nitrogens with zero attached hydrogens (tertiary/aromatic N) is 1. The molecule has 1 aromatic carbocycles. The molecule has 106 valence electrons. The van der Waals surface area contributed by atoms with E-state index in [0.29, 0.717) is 0 Å². The molecule has 1 atom stereocenters. The number of hydrogen-bond donors (Lipinski definition) is 1. The fraction of sp³-hybridized carbons (Fsp3) is 0.538. The first-order valence-electron chi connectivity index (χ1n) is 6.29. The first-order valence-corrected chi connectivity index (χ1v) is 6.29. The molecule has 0 amide bonds. The molecule has 1 aromatic rings. The Bertz CT molecular complexity index is 450. The van der Waals surface area contributed by atoms with Crippen molar-refractivity contribution < 1.29 is 9.31 Å². The monoisotopic (exact) mass is 288 g/mol. The van der Waals surface area contributed by atoms with Crippen LogP contribution in [0.15, 0.2) is 18.2 Å². The lowest BCUT2D eigenvalue weighted by Crippen LogP contribution is -2.24. The molecular formula is C13H18ClFN2O2. The molecule has 0 aromatic heterocycles. The van der Waals surface area contributed by atoms with E-state index in [9.17, 15) is 14.5 Å². The molecule has 1 fully saturated rings. The average molecular weight is 289 g/mol. The molecule has 6 heteroatoms. The standard InChI is InChI=1S/C13H17FN2O2.ClH/c14-12-7-6-10(16(17)18)8-11(12)13(15)9-4-2-1-3-5-9;/h6-9,13H,1-5,15H2;1H/t13-;/m1./s1. The highest BCUT2D eigenvalue weighted by Crippen LogP contribution is 2.34. The van der Waals surface area contributed by atoms with Crippen LogP contribution in [-0.2, 0) is 0 Å². The molecule has 0 saturated heterocycles. The quantitative estimate of drug-likeness (QED) is 0.680. The third kappa shape index (κ3) is 3.64.